The number of carbonyl (C=O) groups excluding carboxylic acids is 1. The molecule has 122 valence electrons. The van der Waals surface area contributed by atoms with Crippen LogP contribution < -0.4 is 5.32 Å². The van der Waals surface area contributed by atoms with E-state index in [-0.39, 0.29) is 12.1 Å². The van der Waals surface area contributed by atoms with Crippen molar-refractivity contribution in [3.63, 3.8) is 0 Å². The second-order valence-electron chi connectivity index (χ2n) is 5.86. The van der Waals surface area contributed by atoms with Crippen LogP contribution in [-0.4, -0.2) is 49.5 Å². The molecule has 1 saturated heterocycles. The predicted octanol–water partition coefficient (Wildman–Crippen LogP) is 0.703. The third kappa shape index (κ3) is 3.68. The molecule has 0 radical (unpaired) electrons. The number of urea groups is 1. The van der Waals surface area contributed by atoms with Crippen molar-refractivity contribution < 1.29 is 9.90 Å². The zero-order valence-corrected chi connectivity index (χ0v) is 13.1. The zero-order valence-electron chi connectivity index (χ0n) is 13.1. The standard InChI is InChI=1S/C16H21N5O2/c1-20-11-13(10-19-20)7-14-15(22)4-6-21(14)16(23)18-9-12-3-2-5-17-8-12/h2-3,5,8,10-11,14-15,22H,4,6-7,9H2,1H3,(H,18,23)/t14-,15-/m1/s1. The second-order valence-corrected chi connectivity index (χ2v) is 5.86. The summed E-state index contributed by atoms with van der Waals surface area (Å²) in [5.74, 6) is 0. The van der Waals surface area contributed by atoms with Crippen LogP contribution in [-0.2, 0) is 20.0 Å². The maximum atomic E-state index is 12.4. The zero-order chi connectivity index (χ0) is 16.2. The number of aromatic nitrogens is 3. The Kier molecular flexibility index (Phi) is 4.57. The fourth-order valence-corrected chi connectivity index (χ4v) is 2.94. The molecule has 2 N–H and O–H groups in total. The number of nitrogens with one attached hydrogen (secondary N) is 1. The van der Waals surface area contributed by atoms with Gasteiger partial charge in [-0.1, -0.05) is 6.07 Å². The average molecular weight is 315 g/mol. The summed E-state index contributed by atoms with van der Waals surface area (Å²) in [7, 11) is 1.85. The molecule has 3 heterocycles. The lowest BCUT2D eigenvalue weighted by atomic mass is 10.1. The maximum Gasteiger partial charge on any atom is 0.318 e. The molecule has 7 nitrogen and oxygen atoms in total. The first kappa shape index (κ1) is 15.5. The first-order valence-electron chi connectivity index (χ1n) is 7.72. The third-order valence-electron chi connectivity index (χ3n) is 4.14. The van der Waals surface area contributed by atoms with Crippen LogP contribution in [0.15, 0.2) is 36.9 Å². The van der Waals surface area contributed by atoms with Crippen molar-refractivity contribution in [1.82, 2.24) is 25.0 Å². The smallest absolute Gasteiger partial charge is 0.318 e. The van der Waals surface area contributed by atoms with Crippen LogP contribution >= 0.6 is 0 Å². The summed E-state index contributed by atoms with van der Waals surface area (Å²) in [6, 6.07) is 3.39. The monoisotopic (exact) mass is 315 g/mol. The van der Waals surface area contributed by atoms with Crippen LogP contribution in [0.1, 0.15) is 17.5 Å². The number of pyridine rings is 1. The molecular weight excluding hydrogens is 294 g/mol. The number of aliphatic hydroxyl groups excluding tert-OH is 1. The van der Waals surface area contributed by atoms with E-state index < -0.39 is 6.10 Å². The minimum atomic E-state index is -0.501. The molecule has 0 spiro atoms. The van der Waals surface area contributed by atoms with E-state index in [1.807, 2.05) is 25.4 Å². The molecule has 1 aliphatic heterocycles. The summed E-state index contributed by atoms with van der Waals surface area (Å²) >= 11 is 0. The second kappa shape index (κ2) is 6.78. The Balaban J connectivity index is 1.61. The Morgan fingerprint density at radius 3 is 3.00 bits per heavy atom. The molecule has 1 aliphatic rings. The summed E-state index contributed by atoms with van der Waals surface area (Å²) < 4.78 is 1.73. The van der Waals surface area contributed by atoms with Crippen LogP contribution in [0.5, 0.6) is 0 Å². The van der Waals surface area contributed by atoms with Gasteiger partial charge in [-0.15, -0.1) is 0 Å². The van der Waals surface area contributed by atoms with Gasteiger partial charge in [-0.3, -0.25) is 9.67 Å². The minimum absolute atomic E-state index is 0.153. The normalized spacial score (nSPS) is 20.7. The van der Waals surface area contributed by atoms with E-state index in [2.05, 4.69) is 15.4 Å². The summed E-state index contributed by atoms with van der Waals surface area (Å²) in [4.78, 5) is 18.2. The van der Waals surface area contributed by atoms with Gasteiger partial charge in [0.1, 0.15) is 0 Å². The maximum absolute atomic E-state index is 12.4. The Morgan fingerprint density at radius 1 is 1.43 bits per heavy atom. The molecular formula is C16H21N5O2. The van der Waals surface area contributed by atoms with Crippen molar-refractivity contribution in [2.75, 3.05) is 6.54 Å². The Morgan fingerprint density at radius 2 is 2.30 bits per heavy atom. The predicted molar refractivity (Wildman–Crippen MR) is 84.5 cm³/mol. The molecule has 3 rings (SSSR count). The average Bonchev–Trinajstić information content (AvgIpc) is 3.13. The van der Waals surface area contributed by atoms with Gasteiger partial charge in [0.25, 0.3) is 0 Å². The summed E-state index contributed by atoms with van der Waals surface area (Å²) in [5, 5.41) is 17.2. The molecule has 0 bridgehead atoms. The van der Waals surface area contributed by atoms with Gasteiger partial charge in [-0.05, 0) is 30.0 Å². The lowest BCUT2D eigenvalue weighted by Crippen LogP contribution is -2.46. The van der Waals surface area contributed by atoms with Crippen molar-refractivity contribution in [1.29, 1.82) is 0 Å². The molecule has 2 amide bonds. The van der Waals surface area contributed by atoms with Crippen molar-refractivity contribution in [2.24, 2.45) is 7.05 Å². The SMILES string of the molecule is Cn1cc(C[C@@H]2[C@H](O)CCN2C(=O)NCc2cccnc2)cn1. The van der Waals surface area contributed by atoms with Crippen molar-refractivity contribution >= 4 is 6.03 Å². The molecule has 2 aromatic rings. The molecule has 0 unspecified atom stereocenters. The van der Waals surface area contributed by atoms with Crippen LogP contribution in [0.25, 0.3) is 0 Å². The van der Waals surface area contributed by atoms with Crippen LogP contribution in [0, 0.1) is 0 Å². The van der Waals surface area contributed by atoms with Gasteiger partial charge in [0.05, 0.1) is 18.3 Å². The van der Waals surface area contributed by atoms with Gasteiger partial charge >= 0.3 is 6.03 Å². The molecule has 0 aromatic carbocycles. The number of hydrogen-bond donors (Lipinski definition) is 2. The number of amides is 2. The van der Waals surface area contributed by atoms with E-state index in [1.54, 1.807) is 28.2 Å². The lowest BCUT2D eigenvalue weighted by molar-refractivity contribution is 0.122. The van der Waals surface area contributed by atoms with Gasteiger partial charge in [-0.25, -0.2) is 4.79 Å². The van der Waals surface area contributed by atoms with E-state index in [1.165, 1.54) is 0 Å². The van der Waals surface area contributed by atoms with E-state index in [0.29, 0.717) is 25.9 Å². The quantitative estimate of drug-likeness (QED) is 0.870. The number of hydrogen-bond acceptors (Lipinski definition) is 4. The van der Waals surface area contributed by atoms with Gasteiger partial charge in [0.2, 0.25) is 0 Å². The highest BCUT2D eigenvalue weighted by molar-refractivity contribution is 5.75. The first-order chi connectivity index (χ1) is 11.1. The van der Waals surface area contributed by atoms with Gasteiger partial charge in [0, 0.05) is 38.7 Å². The van der Waals surface area contributed by atoms with Crippen molar-refractivity contribution in [2.45, 2.75) is 31.5 Å². The molecule has 23 heavy (non-hydrogen) atoms. The van der Waals surface area contributed by atoms with E-state index in [0.717, 1.165) is 11.1 Å². The summed E-state index contributed by atoms with van der Waals surface area (Å²) in [5.41, 5.74) is 1.97. The number of carbonyl (C=O) groups is 1. The number of aryl methyl sites for hydroxylation is 1. The van der Waals surface area contributed by atoms with Gasteiger partial charge in [-0.2, -0.15) is 5.10 Å². The van der Waals surface area contributed by atoms with Gasteiger partial charge < -0.3 is 15.3 Å². The highest BCUT2D eigenvalue weighted by Gasteiger charge is 2.36. The molecule has 2 atom stereocenters. The fourth-order valence-electron chi connectivity index (χ4n) is 2.94. The van der Waals surface area contributed by atoms with E-state index >= 15 is 0 Å². The number of aliphatic hydroxyl groups is 1. The Hall–Kier alpha value is -2.41. The summed E-state index contributed by atoms with van der Waals surface area (Å²) in [6.45, 7) is 0.990. The van der Waals surface area contributed by atoms with Crippen molar-refractivity contribution in [3.8, 4) is 0 Å². The Labute approximate surface area is 134 Å². The number of nitrogens with zero attached hydrogens (tertiary/aromatic N) is 4. The lowest BCUT2D eigenvalue weighted by Gasteiger charge is -2.26. The molecule has 1 fully saturated rings. The van der Waals surface area contributed by atoms with E-state index in [4.69, 9.17) is 0 Å². The fraction of sp³-hybridized carbons (Fsp3) is 0.438. The topological polar surface area (TPSA) is 83.3 Å². The Bertz CT molecular complexity index is 658. The largest absolute Gasteiger partial charge is 0.391 e. The highest BCUT2D eigenvalue weighted by atomic mass is 16.3. The van der Waals surface area contributed by atoms with Crippen molar-refractivity contribution in [3.05, 3.63) is 48.0 Å². The molecule has 7 heteroatoms. The molecule has 2 aromatic heterocycles. The van der Waals surface area contributed by atoms with Gasteiger partial charge in [0.15, 0.2) is 0 Å². The molecule has 0 saturated carbocycles. The van der Waals surface area contributed by atoms with Crippen LogP contribution in [0.4, 0.5) is 4.79 Å². The van der Waals surface area contributed by atoms with Crippen LogP contribution in [0.3, 0.4) is 0 Å². The van der Waals surface area contributed by atoms with E-state index in [9.17, 15) is 9.90 Å². The highest BCUT2D eigenvalue weighted by Crippen LogP contribution is 2.22. The number of rotatable bonds is 4. The minimum Gasteiger partial charge on any atom is -0.391 e. The molecule has 0 aliphatic carbocycles. The first-order valence-corrected chi connectivity index (χ1v) is 7.72. The third-order valence-corrected chi connectivity index (χ3v) is 4.14. The summed E-state index contributed by atoms with van der Waals surface area (Å²) in [6.07, 6.45) is 7.83. The van der Waals surface area contributed by atoms with Crippen LogP contribution in [0.2, 0.25) is 0 Å². The number of likely N-dealkylation sites (tertiary alicyclic amines) is 1.